The molecule has 51 heavy (non-hydrogen) atoms. The van der Waals surface area contributed by atoms with E-state index in [4.69, 9.17) is 4.42 Å². The lowest BCUT2D eigenvalue weighted by molar-refractivity contribution is 0.658. The Morgan fingerprint density at radius 3 is 1.78 bits per heavy atom. The topological polar surface area (TPSA) is 13.1 Å². The zero-order chi connectivity index (χ0) is 33.8. The van der Waals surface area contributed by atoms with Crippen LogP contribution in [0.15, 0.2) is 162 Å². The molecule has 10 aromatic rings. The second-order valence-corrected chi connectivity index (χ2v) is 15.4. The molecule has 0 fully saturated rings. The molecule has 11 rings (SSSR count). The van der Waals surface area contributed by atoms with Crippen molar-refractivity contribution in [2.75, 3.05) is 0 Å². The van der Waals surface area contributed by atoms with Gasteiger partial charge in [0.15, 0.2) is 0 Å². The molecule has 0 radical (unpaired) electrons. The van der Waals surface area contributed by atoms with Crippen molar-refractivity contribution in [3.63, 3.8) is 0 Å². The average Bonchev–Trinajstić information content (AvgIpc) is 3.81. The Labute approximate surface area is 300 Å². The first-order valence-corrected chi connectivity index (χ1v) is 18.5. The minimum absolute atomic E-state index is 0.0968. The SMILES string of the molecule is CC1(C)c2ccccc2-c2cc3oc4cccc(-c5c6ccccc6c(-c6sc7ccccc7c6-c6ccccc6)c6ccccc56)c4c3cc21. The largest absolute Gasteiger partial charge is 0.456 e. The third-order valence-electron chi connectivity index (χ3n) is 11.3. The highest BCUT2D eigenvalue weighted by Gasteiger charge is 2.36. The quantitative estimate of drug-likeness (QED) is 0.171. The van der Waals surface area contributed by atoms with E-state index in [0.717, 1.165) is 11.2 Å². The molecule has 2 aromatic heterocycles. The predicted octanol–water partition coefficient (Wildman–Crippen LogP) is 14.4. The molecular formula is C49H32OS. The van der Waals surface area contributed by atoms with Crippen molar-refractivity contribution in [3.05, 3.63) is 169 Å². The summed E-state index contributed by atoms with van der Waals surface area (Å²) in [4.78, 5) is 1.31. The van der Waals surface area contributed by atoms with E-state index in [9.17, 15) is 0 Å². The van der Waals surface area contributed by atoms with Crippen LogP contribution in [0.4, 0.5) is 0 Å². The second kappa shape index (κ2) is 10.5. The molecule has 0 bridgehead atoms. The average molecular weight is 669 g/mol. The van der Waals surface area contributed by atoms with Crippen LogP contribution < -0.4 is 0 Å². The Balaban J connectivity index is 1.25. The fourth-order valence-corrected chi connectivity index (χ4v) is 10.3. The minimum Gasteiger partial charge on any atom is -0.456 e. The first kappa shape index (κ1) is 28.8. The lowest BCUT2D eigenvalue weighted by Gasteiger charge is -2.21. The second-order valence-electron chi connectivity index (χ2n) is 14.4. The van der Waals surface area contributed by atoms with Crippen molar-refractivity contribution in [2.45, 2.75) is 19.3 Å². The summed E-state index contributed by atoms with van der Waals surface area (Å²) < 4.78 is 8.04. The van der Waals surface area contributed by atoms with Crippen LogP contribution in [0.5, 0.6) is 0 Å². The van der Waals surface area contributed by atoms with Gasteiger partial charge in [0.2, 0.25) is 0 Å². The summed E-state index contributed by atoms with van der Waals surface area (Å²) in [6.07, 6.45) is 0. The summed E-state index contributed by atoms with van der Waals surface area (Å²) in [7, 11) is 0. The molecule has 0 saturated heterocycles. The Morgan fingerprint density at radius 2 is 1.04 bits per heavy atom. The van der Waals surface area contributed by atoms with Crippen LogP contribution in [0, 0.1) is 0 Å². The molecule has 240 valence electrons. The fraction of sp³-hybridized carbons (Fsp3) is 0.0612. The van der Waals surface area contributed by atoms with Gasteiger partial charge in [-0.05, 0) is 84.8 Å². The normalized spacial score (nSPS) is 13.5. The Morgan fingerprint density at radius 1 is 0.431 bits per heavy atom. The van der Waals surface area contributed by atoms with Gasteiger partial charge in [0.1, 0.15) is 11.2 Å². The van der Waals surface area contributed by atoms with Crippen molar-refractivity contribution in [1.29, 1.82) is 0 Å². The maximum atomic E-state index is 6.74. The Hall–Kier alpha value is -5.96. The maximum Gasteiger partial charge on any atom is 0.136 e. The highest BCUT2D eigenvalue weighted by atomic mass is 32.1. The van der Waals surface area contributed by atoms with E-state index in [1.807, 2.05) is 11.3 Å². The van der Waals surface area contributed by atoms with Crippen molar-refractivity contribution in [3.8, 4) is 43.8 Å². The Kier molecular flexibility index (Phi) is 5.95. The monoisotopic (exact) mass is 668 g/mol. The fourth-order valence-electron chi connectivity index (χ4n) is 9.00. The highest BCUT2D eigenvalue weighted by molar-refractivity contribution is 7.23. The standard InChI is InChI=1S/C49H32OS/c1-49(2)39-24-12-10-17-30(39)37-28-42-38(27-40(37)49)46-36(23-14-25-41(46)50-42)45-31-18-6-8-20-33(31)47(34-21-9-7-19-32(34)45)48-44(29-15-4-3-5-16-29)35-22-11-13-26-43(35)51-48/h3-28H,1-2H3. The molecule has 0 atom stereocenters. The summed E-state index contributed by atoms with van der Waals surface area (Å²) in [5.74, 6) is 0. The van der Waals surface area contributed by atoms with Gasteiger partial charge in [-0.3, -0.25) is 0 Å². The number of rotatable bonds is 3. The van der Waals surface area contributed by atoms with Crippen molar-refractivity contribution in [1.82, 2.24) is 0 Å². The van der Waals surface area contributed by atoms with Gasteiger partial charge in [0.05, 0.1) is 0 Å². The lowest BCUT2D eigenvalue weighted by Crippen LogP contribution is -2.14. The van der Waals surface area contributed by atoms with Gasteiger partial charge in [-0.25, -0.2) is 0 Å². The van der Waals surface area contributed by atoms with Gasteiger partial charge >= 0.3 is 0 Å². The van der Waals surface area contributed by atoms with E-state index in [1.54, 1.807) is 0 Å². The van der Waals surface area contributed by atoms with E-state index in [2.05, 4.69) is 172 Å². The molecule has 0 saturated carbocycles. The molecule has 0 amide bonds. The molecule has 8 aromatic carbocycles. The van der Waals surface area contributed by atoms with Crippen molar-refractivity contribution >= 4 is 64.9 Å². The zero-order valence-electron chi connectivity index (χ0n) is 28.3. The van der Waals surface area contributed by atoms with Crippen LogP contribution in [0.3, 0.4) is 0 Å². The van der Waals surface area contributed by atoms with Gasteiger partial charge in [-0.1, -0.05) is 147 Å². The Bertz CT molecular complexity index is 2990. The van der Waals surface area contributed by atoms with Crippen molar-refractivity contribution < 1.29 is 4.42 Å². The smallest absolute Gasteiger partial charge is 0.136 e. The van der Waals surface area contributed by atoms with E-state index in [-0.39, 0.29) is 5.41 Å². The molecule has 1 aliphatic carbocycles. The zero-order valence-corrected chi connectivity index (χ0v) is 29.1. The third kappa shape index (κ3) is 3.97. The number of fused-ring (bicyclic) bond motifs is 9. The molecule has 2 heteroatoms. The van der Waals surface area contributed by atoms with Crippen LogP contribution in [-0.4, -0.2) is 0 Å². The van der Waals surface area contributed by atoms with E-state index < -0.39 is 0 Å². The molecule has 2 heterocycles. The molecule has 1 nitrogen and oxygen atoms in total. The minimum atomic E-state index is -0.0968. The number of furan rings is 1. The first-order chi connectivity index (χ1) is 25.1. The predicted molar refractivity (Wildman–Crippen MR) is 218 cm³/mol. The number of benzene rings is 8. The third-order valence-corrected chi connectivity index (χ3v) is 12.5. The maximum absolute atomic E-state index is 6.74. The van der Waals surface area contributed by atoms with Crippen LogP contribution in [0.1, 0.15) is 25.0 Å². The first-order valence-electron chi connectivity index (χ1n) is 17.7. The van der Waals surface area contributed by atoms with Crippen LogP contribution in [0.2, 0.25) is 0 Å². The van der Waals surface area contributed by atoms with Gasteiger partial charge in [-0.15, -0.1) is 11.3 Å². The van der Waals surface area contributed by atoms with Gasteiger partial charge in [0.25, 0.3) is 0 Å². The highest BCUT2D eigenvalue weighted by Crippen LogP contribution is 2.54. The van der Waals surface area contributed by atoms with Crippen molar-refractivity contribution in [2.24, 2.45) is 0 Å². The van der Waals surface area contributed by atoms with E-state index in [0.29, 0.717) is 0 Å². The number of hydrogen-bond donors (Lipinski definition) is 0. The number of thiophene rings is 1. The molecule has 0 N–H and O–H groups in total. The summed E-state index contributed by atoms with van der Waals surface area (Å²) in [6.45, 7) is 4.70. The van der Waals surface area contributed by atoms with Gasteiger partial charge < -0.3 is 4.42 Å². The molecule has 0 aliphatic heterocycles. The van der Waals surface area contributed by atoms with Gasteiger partial charge in [-0.2, -0.15) is 0 Å². The molecule has 1 aliphatic rings. The van der Waals surface area contributed by atoms with Gasteiger partial charge in [0, 0.05) is 42.3 Å². The summed E-state index contributed by atoms with van der Waals surface area (Å²) in [5, 5.41) is 8.67. The van der Waals surface area contributed by atoms with Crippen LogP contribution in [-0.2, 0) is 5.41 Å². The number of hydrogen-bond acceptors (Lipinski definition) is 2. The molecule has 0 spiro atoms. The summed E-state index contributed by atoms with van der Waals surface area (Å²) >= 11 is 1.90. The van der Waals surface area contributed by atoms with Crippen LogP contribution >= 0.6 is 11.3 Å². The molecule has 0 unspecified atom stereocenters. The van der Waals surface area contributed by atoms with E-state index >= 15 is 0 Å². The van der Waals surface area contributed by atoms with Crippen LogP contribution in [0.25, 0.3) is 97.4 Å². The van der Waals surface area contributed by atoms with E-state index in [1.165, 1.54) is 97.4 Å². The molecular weight excluding hydrogens is 637 g/mol. The summed E-state index contributed by atoms with van der Waals surface area (Å²) in [5.41, 5.74) is 13.4. The summed E-state index contributed by atoms with van der Waals surface area (Å²) in [6, 6.07) is 57.9. The lowest BCUT2D eigenvalue weighted by atomic mass is 9.81.